The maximum absolute atomic E-state index is 12.3. The molecule has 0 aliphatic carbocycles. The number of nitrogens with two attached hydrogens (primary N) is 1. The van der Waals surface area contributed by atoms with Gasteiger partial charge in [-0.2, -0.15) is 0 Å². The van der Waals surface area contributed by atoms with Crippen LogP contribution in [-0.4, -0.2) is 48.4 Å². The maximum atomic E-state index is 12.3. The average molecular weight is 300 g/mol. The summed E-state index contributed by atoms with van der Waals surface area (Å²) in [5.74, 6) is 0. The third-order valence-corrected chi connectivity index (χ3v) is 3.52. The van der Waals surface area contributed by atoms with Crippen LogP contribution in [0.5, 0.6) is 0 Å². The van der Waals surface area contributed by atoms with E-state index in [4.69, 9.17) is 15.2 Å². The van der Waals surface area contributed by atoms with E-state index in [0.717, 1.165) is 12.8 Å². The smallest absolute Gasteiger partial charge is 0.410 e. The lowest BCUT2D eigenvalue weighted by Gasteiger charge is -2.39. The van der Waals surface area contributed by atoms with Crippen LogP contribution < -0.4 is 5.73 Å². The fourth-order valence-corrected chi connectivity index (χ4v) is 2.32. The lowest BCUT2D eigenvalue weighted by molar-refractivity contribution is -0.0390. The minimum absolute atomic E-state index is 0.0861. The molecular weight excluding hydrogens is 268 g/mol. The van der Waals surface area contributed by atoms with Gasteiger partial charge in [0.1, 0.15) is 5.60 Å². The molecule has 0 bridgehead atoms. The number of ether oxygens (including phenoxy) is 2. The molecule has 0 aromatic rings. The fraction of sp³-hybridized carbons (Fsp3) is 0.938. The summed E-state index contributed by atoms with van der Waals surface area (Å²) in [5, 5.41) is 0. The number of carbonyl (C=O) groups excluding carboxylic acids is 1. The van der Waals surface area contributed by atoms with Crippen molar-refractivity contribution in [3.63, 3.8) is 0 Å². The summed E-state index contributed by atoms with van der Waals surface area (Å²) in [4.78, 5) is 14.1. The molecule has 0 aromatic carbocycles. The Morgan fingerprint density at radius 2 is 1.95 bits per heavy atom. The van der Waals surface area contributed by atoms with Gasteiger partial charge in [-0.1, -0.05) is 20.8 Å². The number of amides is 1. The zero-order valence-corrected chi connectivity index (χ0v) is 14.4. The van der Waals surface area contributed by atoms with E-state index >= 15 is 0 Å². The van der Waals surface area contributed by atoms with E-state index in [1.54, 1.807) is 4.90 Å². The topological polar surface area (TPSA) is 64.8 Å². The molecule has 1 fully saturated rings. The van der Waals surface area contributed by atoms with Gasteiger partial charge in [-0.15, -0.1) is 0 Å². The summed E-state index contributed by atoms with van der Waals surface area (Å²) in [6, 6.07) is -0.187. The van der Waals surface area contributed by atoms with Crippen molar-refractivity contribution < 1.29 is 14.3 Å². The van der Waals surface area contributed by atoms with Crippen molar-refractivity contribution in [1.29, 1.82) is 0 Å². The predicted octanol–water partition coefficient (Wildman–Crippen LogP) is 2.78. The van der Waals surface area contributed by atoms with Crippen molar-refractivity contribution in [2.75, 3.05) is 19.8 Å². The number of morpholine rings is 1. The van der Waals surface area contributed by atoms with Gasteiger partial charge in [-0.3, -0.25) is 4.90 Å². The van der Waals surface area contributed by atoms with Gasteiger partial charge in [-0.25, -0.2) is 4.79 Å². The second-order valence-corrected chi connectivity index (χ2v) is 8.08. The van der Waals surface area contributed by atoms with E-state index in [1.807, 2.05) is 20.8 Å². The molecule has 0 aromatic heterocycles. The van der Waals surface area contributed by atoms with Crippen molar-refractivity contribution >= 4 is 6.09 Å². The van der Waals surface area contributed by atoms with E-state index < -0.39 is 5.60 Å². The molecule has 1 rings (SSSR count). The van der Waals surface area contributed by atoms with Gasteiger partial charge in [0.25, 0.3) is 0 Å². The molecule has 1 amide bonds. The first-order chi connectivity index (χ1) is 9.49. The van der Waals surface area contributed by atoms with E-state index in [2.05, 4.69) is 20.8 Å². The molecule has 0 spiro atoms. The minimum Gasteiger partial charge on any atom is -0.444 e. The van der Waals surface area contributed by atoms with Crippen LogP contribution in [0, 0.1) is 5.41 Å². The molecule has 21 heavy (non-hydrogen) atoms. The van der Waals surface area contributed by atoms with Crippen molar-refractivity contribution in [1.82, 2.24) is 4.90 Å². The van der Waals surface area contributed by atoms with Gasteiger partial charge in [0.15, 0.2) is 0 Å². The van der Waals surface area contributed by atoms with E-state index in [-0.39, 0.29) is 23.6 Å². The molecule has 1 aliphatic rings. The quantitative estimate of drug-likeness (QED) is 0.870. The van der Waals surface area contributed by atoms with E-state index in [0.29, 0.717) is 19.8 Å². The summed E-state index contributed by atoms with van der Waals surface area (Å²) in [7, 11) is 0. The Morgan fingerprint density at radius 3 is 2.48 bits per heavy atom. The summed E-state index contributed by atoms with van der Waals surface area (Å²) in [5.41, 5.74) is 6.07. The van der Waals surface area contributed by atoms with Crippen LogP contribution in [0.4, 0.5) is 4.79 Å². The highest BCUT2D eigenvalue weighted by Gasteiger charge is 2.34. The number of carbonyl (C=O) groups is 1. The second kappa shape index (κ2) is 6.97. The zero-order valence-electron chi connectivity index (χ0n) is 14.4. The molecular formula is C16H32N2O3. The monoisotopic (exact) mass is 300 g/mol. The van der Waals surface area contributed by atoms with E-state index in [1.165, 1.54) is 0 Å². The number of rotatable bonds is 3. The van der Waals surface area contributed by atoms with Crippen molar-refractivity contribution in [3.05, 3.63) is 0 Å². The molecule has 2 atom stereocenters. The molecule has 1 heterocycles. The van der Waals surface area contributed by atoms with E-state index in [9.17, 15) is 4.79 Å². The molecule has 124 valence electrons. The molecule has 2 unspecified atom stereocenters. The summed E-state index contributed by atoms with van der Waals surface area (Å²) >= 11 is 0. The van der Waals surface area contributed by atoms with Crippen molar-refractivity contribution in [2.45, 2.75) is 72.1 Å². The third kappa shape index (κ3) is 6.66. The van der Waals surface area contributed by atoms with Gasteiger partial charge in [0.05, 0.1) is 19.3 Å². The van der Waals surface area contributed by atoms with Crippen LogP contribution in [0.25, 0.3) is 0 Å². The fourth-order valence-electron chi connectivity index (χ4n) is 2.32. The summed E-state index contributed by atoms with van der Waals surface area (Å²) in [6.45, 7) is 13.8. The highest BCUT2D eigenvalue weighted by molar-refractivity contribution is 5.68. The molecule has 1 aliphatic heterocycles. The predicted molar refractivity (Wildman–Crippen MR) is 84.2 cm³/mol. The normalized spacial score (nSPS) is 22.0. The number of hydrogen-bond donors (Lipinski definition) is 1. The molecule has 1 saturated heterocycles. The molecule has 0 radical (unpaired) electrons. The highest BCUT2D eigenvalue weighted by Crippen LogP contribution is 2.24. The Hall–Kier alpha value is -0.810. The Balaban J connectivity index is 2.66. The standard InChI is InChI=1S/C16H32N2O3/c1-15(2,3)8-7-12(17)13-11-20-10-9-18(13)14(19)21-16(4,5)6/h12-13H,7-11,17H2,1-6H3. The Kier molecular flexibility index (Phi) is 6.05. The van der Waals surface area contributed by atoms with Gasteiger partial charge >= 0.3 is 6.09 Å². The third-order valence-electron chi connectivity index (χ3n) is 3.52. The minimum atomic E-state index is -0.491. The molecule has 0 saturated carbocycles. The van der Waals surface area contributed by atoms with Crippen LogP contribution in [-0.2, 0) is 9.47 Å². The maximum Gasteiger partial charge on any atom is 0.410 e. The molecule has 2 N–H and O–H groups in total. The van der Waals surface area contributed by atoms with Crippen LogP contribution >= 0.6 is 0 Å². The van der Waals surface area contributed by atoms with Crippen LogP contribution in [0.2, 0.25) is 0 Å². The first kappa shape index (κ1) is 18.2. The van der Waals surface area contributed by atoms with Crippen LogP contribution in [0.3, 0.4) is 0 Å². The Bertz CT molecular complexity index is 344. The second-order valence-electron chi connectivity index (χ2n) is 8.08. The van der Waals surface area contributed by atoms with Crippen molar-refractivity contribution in [2.24, 2.45) is 11.1 Å². The zero-order chi connectivity index (χ0) is 16.3. The van der Waals surface area contributed by atoms with Crippen LogP contribution in [0.1, 0.15) is 54.4 Å². The Morgan fingerprint density at radius 1 is 1.33 bits per heavy atom. The van der Waals surface area contributed by atoms with Gasteiger partial charge in [0.2, 0.25) is 0 Å². The van der Waals surface area contributed by atoms with Gasteiger partial charge in [0, 0.05) is 12.6 Å². The summed E-state index contributed by atoms with van der Waals surface area (Å²) in [6.07, 6.45) is 1.60. The number of hydrogen-bond acceptors (Lipinski definition) is 4. The lowest BCUT2D eigenvalue weighted by Crippen LogP contribution is -2.57. The van der Waals surface area contributed by atoms with Gasteiger partial charge < -0.3 is 15.2 Å². The van der Waals surface area contributed by atoms with Gasteiger partial charge in [-0.05, 0) is 39.0 Å². The molecule has 5 heteroatoms. The lowest BCUT2D eigenvalue weighted by atomic mass is 9.87. The largest absolute Gasteiger partial charge is 0.444 e. The highest BCUT2D eigenvalue weighted by atomic mass is 16.6. The SMILES string of the molecule is CC(C)(C)CCC(N)C1COCCN1C(=O)OC(C)(C)C. The average Bonchev–Trinajstić information content (AvgIpc) is 2.33. The van der Waals surface area contributed by atoms with Crippen molar-refractivity contribution in [3.8, 4) is 0 Å². The number of nitrogens with zero attached hydrogens (tertiary/aromatic N) is 1. The summed E-state index contributed by atoms with van der Waals surface area (Å²) < 4.78 is 11.0. The molecule has 5 nitrogen and oxygen atoms in total. The van der Waals surface area contributed by atoms with Crippen LogP contribution in [0.15, 0.2) is 0 Å². The first-order valence-corrected chi connectivity index (χ1v) is 7.82. The first-order valence-electron chi connectivity index (χ1n) is 7.82. The Labute approximate surface area is 129 Å².